The van der Waals surface area contributed by atoms with Crippen LogP contribution in [0.5, 0.6) is 0 Å². The lowest BCUT2D eigenvalue weighted by Crippen LogP contribution is -2.49. The highest BCUT2D eigenvalue weighted by Crippen LogP contribution is 2.35. The predicted octanol–water partition coefficient (Wildman–Crippen LogP) is 4.21. The predicted molar refractivity (Wildman–Crippen MR) is 81.4 cm³/mol. The average molecular weight is 316 g/mol. The molecular weight excluding hydrogens is 297 g/mol. The highest BCUT2D eigenvalue weighted by atomic mass is 35.5. The summed E-state index contributed by atoms with van der Waals surface area (Å²) in [6.07, 6.45) is 3.17. The number of carboxylic acid groups (broad SMARTS) is 1. The van der Waals surface area contributed by atoms with Crippen LogP contribution in [0.25, 0.3) is 0 Å². The van der Waals surface area contributed by atoms with E-state index in [1.165, 1.54) is 0 Å². The minimum absolute atomic E-state index is 0.576. The van der Waals surface area contributed by atoms with E-state index in [0.717, 1.165) is 24.9 Å². The summed E-state index contributed by atoms with van der Waals surface area (Å²) in [5, 5.41) is 10.8. The van der Waals surface area contributed by atoms with E-state index in [9.17, 15) is 9.90 Å². The van der Waals surface area contributed by atoms with Crippen molar-refractivity contribution in [3.05, 3.63) is 33.8 Å². The second kappa shape index (κ2) is 6.33. The number of carboxylic acids is 1. The fraction of sp³-hybridized carbons (Fsp3) is 0.533. The van der Waals surface area contributed by atoms with E-state index in [1.807, 2.05) is 19.1 Å². The second-order valence-electron chi connectivity index (χ2n) is 5.39. The Hall–Kier alpha value is -0.770. The number of carbonyl (C=O) groups is 1. The van der Waals surface area contributed by atoms with Crippen LogP contribution in [0, 0.1) is 0 Å². The molecule has 110 valence electrons. The molecule has 0 aliphatic carbocycles. The number of aliphatic carboxylic acids is 1. The Morgan fingerprint density at radius 2 is 2.00 bits per heavy atom. The molecule has 0 saturated carbocycles. The highest BCUT2D eigenvalue weighted by molar-refractivity contribution is 6.34. The van der Waals surface area contributed by atoms with Gasteiger partial charge in [0.1, 0.15) is 5.54 Å². The van der Waals surface area contributed by atoms with Gasteiger partial charge in [0.25, 0.3) is 0 Å². The molecule has 0 amide bonds. The Bertz CT molecular complexity index is 486. The van der Waals surface area contributed by atoms with Crippen LogP contribution in [-0.4, -0.2) is 28.1 Å². The third kappa shape index (κ3) is 3.11. The lowest BCUT2D eigenvalue weighted by Gasteiger charge is -2.34. The molecule has 1 aliphatic rings. The van der Waals surface area contributed by atoms with Crippen molar-refractivity contribution in [2.24, 2.45) is 0 Å². The zero-order chi connectivity index (χ0) is 14.8. The maximum atomic E-state index is 11.8. The van der Waals surface area contributed by atoms with Crippen molar-refractivity contribution >= 4 is 29.2 Å². The first-order valence-electron chi connectivity index (χ1n) is 6.91. The van der Waals surface area contributed by atoms with Crippen LogP contribution in [0.1, 0.15) is 38.2 Å². The molecular formula is C15H19Cl2NO2. The number of rotatable bonds is 5. The largest absolute Gasteiger partial charge is 0.480 e. The minimum Gasteiger partial charge on any atom is -0.480 e. The molecule has 0 spiro atoms. The standard InChI is InChI=1S/C15H19Cl2NO2/c1-2-4-15(14(19)20)5-3-6-18(15)10-11-7-12(16)9-13(17)8-11/h7-9H,2-6,10H2,1H3,(H,19,20). The molecule has 0 bridgehead atoms. The highest BCUT2D eigenvalue weighted by Gasteiger charge is 2.46. The first-order chi connectivity index (χ1) is 9.48. The van der Waals surface area contributed by atoms with Crippen LogP contribution in [0.4, 0.5) is 0 Å². The zero-order valence-corrected chi connectivity index (χ0v) is 13.0. The van der Waals surface area contributed by atoms with Crippen molar-refractivity contribution in [3.8, 4) is 0 Å². The average Bonchev–Trinajstić information content (AvgIpc) is 2.72. The van der Waals surface area contributed by atoms with Gasteiger partial charge in [0.05, 0.1) is 0 Å². The van der Waals surface area contributed by atoms with Crippen LogP contribution in [0.15, 0.2) is 18.2 Å². The van der Waals surface area contributed by atoms with E-state index in [4.69, 9.17) is 23.2 Å². The zero-order valence-electron chi connectivity index (χ0n) is 11.5. The van der Waals surface area contributed by atoms with Gasteiger partial charge in [-0.1, -0.05) is 36.5 Å². The van der Waals surface area contributed by atoms with E-state index < -0.39 is 11.5 Å². The molecule has 20 heavy (non-hydrogen) atoms. The molecule has 1 saturated heterocycles. The van der Waals surface area contributed by atoms with Gasteiger partial charge in [-0.3, -0.25) is 9.69 Å². The van der Waals surface area contributed by atoms with Crippen molar-refractivity contribution in [1.29, 1.82) is 0 Å². The molecule has 5 heteroatoms. The smallest absolute Gasteiger partial charge is 0.324 e. The van der Waals surface area contributed by atoms with Crippen LogP contribution >= 0.6 is 23.2 Å². The number of hydrogen-bond donors (Lipinski definition) is 1. The van der Waals surface area contributed by atoms with Crippen LogP contribution < -0.4 is 0 Å². The number of benzene rings is 1. The molecule has 3 nitrogen and oxygen atoms in total. The lowest BCUT2D eigenvalue weighted by molar-refractivity contribution is -0.150. The Kier molecular flexibility index (Phi) is 4.95. The van der Waals surface area contributed by atoms with Gasteiger partial charge in [0.15, 0.2) is 0 Å². The molecule has 1 unspecified atom stereocenters. The van der Waals surface area contributed by atoms with E-state index in [2.05, 4.69) is 4.90 Å². The SMILES string of the molecule is CCCC1(C(=O)O)CCCN1Cc1cc(Cl)cc(Cl)c1. The Labute approximate surface area is 129 Å². The van der Waals surface area contributed by atoms with Crippen molar-refractivity contribution in [1.82, 2.24) is 4.90 Å². The summed E-state index contributed by atoms with van der Waals surface area (Å²) in [5.41, 5.74) is 0.231. The maximum Gasteiger partial charge on any atom is 0.324 e. The van der Waals surface area contributed by atoms with E-state index in [1.54, 1.807) is 6.07 Å². The van der Waals surface area contributed by atoms with Crippen LogP contribution in [-0.2, 0) is 11.3 Å². The van der Waals surface area contributed by atoms with E-state index >= 15 is 0 Å². The van der Waals surface area contributed by atoms with Gasteiger partial charge in [-0.25, -0.2) is 0 Å². The number of nitrogens with zero attached hydrogens (tertiary/aromatic N) is 1. The van der Waals surface area contributed by atoms with Gasteiger partial charge < -0.3 is 5.11 Å². The Morgan fingerprint density at radius 3 is 2.55 bits per heavy atom. The van der Waals surface area contributed by atoms with Crippen molar-refractivity contribution in [3.63, 3.8) is 0 Å². The first-order valence-corrected chi connectivity index (χ1v) is 7.67. The third-order valence-corrected chi connectivity index (χ3v) is 4.42. The van der Waals surface area contributed by atoms with Crippen LogP contribution in [0.3, 0.4) is 0 Å². The van der Waals surface area contributed by atoms with Crippen molar-refractivity contribution in [2.45, 2.75) is 44.7 Å². The number of hydrogen-bond acceptors (Lipinski definition) is 2. The molecule has 1 aliphatic heterocycles. The molecule has 2 rings (SSSR count). The molecule has 0 aromatic heterocycles. The van der Waals surface area contributed by atoms with Crippen LogP contribution in [0.2, 0.25) is 10.0 Å². The van der Waals surface area contributed by atoms with Crippen molar-refractivity contribution < 1.29 is 9.90 Å². The van der Waals surface area contributed by atoms with E-state index in [0.29, 0.717) is 29.4 Å². The molecule has 1 atom stereocenters. The van der Waals surface area contributed by atoms with Gasteiger partial charge in [0, 0.05) is 16.6 Å². The first kappa shape index (κ1) is 15.6. The van der Waals surface area contributed by atoms with Gasteiger partial charge in [-0.15, -0.1) is 0 Å². The lowest BCUT2D eigenvalue weighted by atomic mass is 9.90. The van der Waals surface area contributed by atoms with Gasteiger partial charge in [-0.05, 0) is 49.6 Å². The summed E-state index contributed by atoms with van der Waals surface area (Å²) in [4.78, 5) is 13.8. The summed E-state index contributed by atoms with van der Waals surface area (Å²) in [5.74, 6) is -0.718. The third-order valence-electron chi connectivity index (χ3n) is 3.98. The summed E-state index contributed by atoms with van der Waals surface area (Å²) >= 11 is 12.0. The fourth-order valence-corrected chi connectivity index (χ4v) is 3.70. The number of likely N-dealkylation sites (tertiary alicyclic amines) is 1. The molecule has 1 N–H and O–H groups in total. The normalized spacial score (nSPS) is 23.1. The number of halogens is 2. The molecule has 1 fully saturated rings. The Morgan fingerprint density at radius 1 is 1.35 bits per heavy atom. The van der Waals surface area contributed by atoms with Gasteiger partial charge >= 0.3 is 5.97 Å². The monoisotopic (exact) mass is 315 g/mol. The molecule has 0 radical (unpaired) electrons. The topological polar surface area (TPSA) is 40.5 Å². The minimum atomic E-state index is -0.733. The molecule has 1 aromatic carbocycles. The molecule has 1 aromatic rings. The molecule has 1 heterocycles. The van der Waals surface area contributed by atoms with Gasteiger partial charge in [0.2, 0.25) is 0 Å². The summed E-state index contributed by atoms with van der Waals surface area (Å²) in [7, 11) is 0. The maximum absolute atomic E-state index is 11.8. The Balaban J connectivity index is 2.24. The fourth-order valence-electron chi connectivity index (χ4n) is 3.13. The summed E-state index contributed by atoms with van der Waals surface area (Å²) in [6.45, 7) is 3.40. The van der Waals surface area contributed by atoms with Crippen molar-refractivity contribution in [2.75, 3.05) is 6.54 Å². The quantitative estimate of drug-likeness (QED) is 0.884. The second-order valence-corrected chi connectivity index (χ2v) is 6.26. The van der Waals surface area contributed by atoms with Gasteiger partial charge in [-0.2, -0.15) is 0 Å². The summed E-state index contributed by atoms with van der Waals surface area (Å²) in [6, 6.07) is 5.39. The summed E-state index contributed by atoms with van der Waals surface area (Å²) < 4.78 is 0. The van der Waals surface area contributed by atoms with E-state index in [-0.39, 0.29) is 0 Å².